The molecule has 0 saturated heterocycles. The molecule has 2 aromatic heterocycles. The third-order valence-corrected chi connectivity index (χ3v) is 5.77. The topological polar surface area (TPSA) is 66.7 Å². The van der Waals surface area contributed by atoms with Gasteiger partial charge in [-0.05, 0) is 23.3 Å². The Hall–Kier alpha value is -4.19. The quantitative estimate of drug-likeness (QED) is 0.270. The van der Waals surface area contributed by atoms with Gasteiger partial charge < -0.3 is 16.0 Å². The SMILES string of the molecule is Nc1c(F)c(Cc2ccccc2)c(Nc2ccnc3[nH]ccc23)c(Cc2ccccc2)c1F. The Morgan fingerprint density at radius 1 is 0.788 bits per heavy atom. The minimum Gasteiger partial charge on any atom is -0.394 e. The van der Waals surface area contributed by atoms with E-state index >= 15 is 8.78 Å². The molecule has 0 aliphatic heterocycles. The second-order valence-corrected chi connectivity index (χ2v) is 7.92. The van der Waals surface area contributed by atoms with Gasteiger partial charge in [-0.3, -0.25) is 0 Å². The highest BCUT2D eigenvalue weighted by Crippen LogP contribution is 2.38. The molecule has 5 aromatic rings. The molecule has 6 heteroatoms. The predicted molar refractivity (Wildman–Crippen MR) is 129 cm³/mol. The minimum absolute atomic E-state index is 0.267. The Balaban J connectivity index is 1.71. The van der Waals surface area contributed by atoms with Crippen LogP contribution in [0.5, 0.6) is 0 Å². The lowest BCUT2D eigenvalue weighted by Gasteiger charge is -2.21. The van der Waals surface area contributed by atoms with Gasteiger partial charge in [-0.1, -0.05) is 60.7 Å². The van der Waals surface area contributed by atoms with Crippen molar-refractivity contribution >= 4 is 28.1 Å². The second-order valence-electron chi connectivity index (χ2n) is 7.92. The maximum absolute atomic E-state index is 15.5. The summed E-state index contributed by atoms with van der Waals surface area (Å²) in [7, 11) is 0. The van der Waals surface area contributed by atoms with Crippen LogP contribution in [-0.2, 0) is 12.8 Å². The number of hydrogen-bond acceptors (Lipinski definition) is 3. The Morgan fingerprint density at radius 3 is 1.94 bits per heavy atom. The number of pyridine rings is 1. The monoisotopic (exact) mass is 440 g/mol. The number of benzene rings is 3. The molecule has 0 aliphatic rings. The average Bonchev–Trinajstić information content (AvgIpc) is 3.34. The lowest BCUT2D eigenvalue weighted by molar-refractivity contribution is 0.576. The van der Waals surface area contributed by atoms with Gasteiger partial charge in [0, 0.05) is 41.7 Å². The van der Waals surface area contributed by atoms with Crippen LogP contribution in [0.25, 0.3) is 11.0 Å². The summed E-state index contributed by atoms with van der Waals surface area (Å²) in [6.07, 6.45) is 3.97. The number of nitrogen functional groups attached to an aromatic ring is 1. The molecular formula is C27H22F2N4. The summed E-state index contributed by atoms with van der Waals surface area (Å²) in [6, 6.07) is 22.7. The molecule has 0 radical (unpaired) electrons. The maximum atomic E-state index is 15.5. The first-order valence-electron chi connectivity index (χ1n) is 10.7. The number of fused-ring (bicyclic) bond motifs is 1. The number of nitrogens with two attached hydrogens (primary N) is 1. The summed E-state index contributed by atoms with van der Waals surface area (Å²) in [4.78, 5) is 7.38. The van der Waals surface area contributed by atoms with Crippen LogP contribution in [0.15, 0.2) is 85.2 Å². The first-order chi connectivity index (χ1) is 16.1. The lowest BCUT2D eigenvalue weighted by Crippen LogP contribution is -2.12. The van der Waals surface area contributed by atoms with Crippen LogP contribution in [0.3, 0.4) is 0 Å². The number of H-pyrrole nitrogens is 1. The lowest BCUT2D eigenvalue weighted by atomic mass is 9.94. The van der Waals surface area contributed by atoms with E-state index in [1.165, 1.54) is 0 Å². The molecule has 4 nitrogen and oxygen atoms in total. The fraction of sp³-hybridized carbons (Fsp3) is 0.0741. The van der Waals surface area contributed by atoms with Crippen molar-refractivity contribution in [3.8, 4) is 0 Å². The molecule has 164 valence electrons. The number of nitrogens with zero attached hydrogens (tertiary/aromatic N) is 1. The largest absolute Gasteiger partial charge is 0.394 e. The van der Waals surface area contributed by atoms with Crippen molar-refractivity contribution in [1.29, 1.82) is 0 Å². The molecular weight excluding hydrogens is 418 g/mol. The van der Waals surface area contributed by atoms with Crippen molar-refractivity contribution < 1.29 is 8.78 Å². The molecule has 0 spiro atoms. The van der Waals surface area contributed by atoms with E-state index in [4.69, 9.17) is 5.73 Å². The Morgan fingerprint density at radius 2 is 1.36 bits per heavy atom. The van der Waals surface area contributed by atoms with Crippen LogP contribution in [-0.4, -0.2) is 9.97 Å². The Bertz CT molecular complexity index is 1340. The highest BCUT2D eigenvalue weighted by Gasteiger charge is 2.24. The van der Waals surface area contributed by atoms with E-state index < -0.39 is 17.3 Å². The van der Waals surface area contributed by atoms with Gasteiger partial charge in [-0.2, -0.15) is 0 Å². The first-order valence-corrected chi connectivity index (χ1v) is 10.7. The molecule has 2 heterocycles. The summed E-state index contributed by atoms with van der Waals surface area (Å²) in [5.74, 6) is -1.48. The normalized spacial score (nSPS) is 11.1. The highest BCUT2D eigenvalue weighted by atomic mass is 19.1. The van der Waals surface area contributed by atoms with Crippen molar-refractivity contribution in [1.82, 2.24) is 9.97 Å². The van der Waals surface area contributed by atoms with E-state index in [1.54, 1.807) is 18.5 Å². The van der Waals surface area contributed by atoms with Crippen LogP contribution < -0.4 is 11.1 Å². The molecule has 0 bridgehead atoms. The molecule has 0 aliphatic carbocycles. The predicted octanol–water partition coefficient (Wildman–Crippen LogP) is 6.35. The van der Waals surface area contributed by atoms with E-state index in [2.05, 4.69) is 15.3 Å². The van der Waals surface area contributed by atoms with Crippen LogP contribution in [0.1, 0.15) is 22.3 Å². The highest BCUT2D eigenvalue weighted by molar-refractivity contribution is 5.92. The molecule has 0 amide bonds. The summed E-state index contributed by atoms with van der Waals surface area (Å²) < 4.78 is 30.9. The number of aromatic nitrogens is 2. The molecule has 33 heavy (non-hydrogen) atoms. The van der Waals surface area contributed by atoms with Gasteiger partial charge in [-0.15, -0.1) is 0 Å². The van der Waals surface area contributed by atoms with Crippen molar-refractivity contribution in [2.75, 3.05) is 11.1 Å². The van der Waals surface area contributed by atoms with Gasteiger partial charge in [-0.25, -0.2) is 13.8 Å². The van der Waals surface area contributed by atoms with Crippen molar-refractivity contribution in [2.24, 2.45) is 0 Å². The van der Waals surface area contributed by atoms with Crippen molar-refractivity contribution in [3.63, 3.8) is 0 Å². The zero-order valence-electron chi connectivity index (χ0n) is 17.8. The molecule has 0 atom stereocenters. The number of aromatic amines is 1. The van der Waals surface area contributed by atoms with Crippen LogP contribution in [0.4, 0.5) is 25.8 Å². The average molecular weight is 440 g/mol. The zero-order chi connectivity index (χ0) is 22.8. The summed E-state index contributed by atoms with van der Waals surface area (Å²) in [6.45, 7) is 0. The van der Waals surface area contributed by atoms with Gasteiger partial charge in [0.05, 0.1) is 11.4 Å². The van der Waals surface area contributed by atoms with Crippen LogP contribution in [0.2, 0.25) is 0 Å². The first kappa shape index (κ1) is 20.7. The van der Waals surface area contributed by atoms with Gasteiger partial charge >= 0.3 is 0 Å². The molecule has 0 saturated carbocycles. The maximum Gasteiger partial charge on any atom is 0.154 e. The van der Waals surface area contributed by atoms with E-state index in [-0.39, 0.29) is 12.8 Å². The molecule has 0 fully saturated rings. The molecule has 5 rings (SSSR count). The number of anilines is 3. The minimum atomic E-state index is -0.741. The van der Waals surface area contributed by atoms with Crippen molar-refractivity contribution in [2.45, 2.75) is 12.8 Å². The Kier molecular flexibility index (Phi) is 5.48. The fourth-order valence-electron chi connectivity index (χ4n) is 4.11. The van der Waals surface area contributed by atoms with Crippen molar-refractivity contribution in [3.05, 3.63) is 119 Å². The van der Waals surface area contributed by atoms with Crippen LogP contribution >= 0.6 is 0 Å². The van der Waals surface area contributed by atoms with Gasteiger partial charge in [0.1, 0.15) is 11.3 Å². The number of hydrogen-bond donors (Lipinski definition) is 3. The number of halogens is 2. The van der Waals surface area contributed by atoms with Gasteiger partial charge in [0.2, 0.25) is 0 Å². The Labute approximate surface area is 190 Å². The summed E-state index contributed by atoms with van der Waals surface area (Å²) >= 11 is 0. The van der Waals surface area contributed by atoms with Crippen LogP contribution in [0, 0.1) is 11.6 Å². The van der Waals surface area contributed by atoms with Gasteiger partial charge in [0.15, 0.2) is 11.6 Å². The standard InChI is InChI=1S/C27H22F2N4/c28-23-20(15-17-7-3-1-4-8-17)26(33-22-12-14-32-27-19(22)11-13-31-27)21(24(29)25(23)30)16-18-9-5-2-6-10-18/h1-14H,15-16,30H2,(H2,31,32,33). The van der Waals surface area contributed by atoms with E-state index in [0.29, 0.717) is 28.1 Å². The molecule has 0 unspecified atom stereocenters. The van der Waals surface area contributed by atoms with Gasteiger partial charge in [0.25, 0.3) is 0 Å². The van der Waals surface area contributed by atoms with E-state index in [9.17, 15) is 0 Å². The van der Waals surface area contributed by atoms with E-state index in [0.717, 1.165) is 16.5 Å². The molecule has 3 aromatic carbocycles. The van der Waals surface area contributed by atoms with E-state index in [1.807, 2.05) is 66.7 Å². The zero-order valence-corrected chi connectivity index (χ0v) is 17.8. The summed E-state index contributed by atoms with van der Waals surface area (Å²) in [5.41, 5.74) is 9.70. The third-order valence-electron chi connectivity index (χ3n) is 5.77. The number of rotatable bonds is 6. The molecule has 4 N–H and O–H groups in total. The summed E-state index contributed by atoms with van der Waals surface area (Å²) in [5, 5.41) is 4.15. The third kappa shape index (κ3) is 4.03. The fourth-order valence-corrected chi connectivity index (χ4v) is 4.11. The second kappa shape index (κ2) is 8.74. The number of nitrogens with one attached hydrogen (secondary N) is 2. The smallest absolute Gasteiger partial charge is 0.154 e.